The molecule has 0 aromatic heterocycles. The van der Waals surface area contributed by atoms with Crippen LogP contribution in [0, 0.1) is 0 Å². The molecular weight excluding hydrogens is 314 g/mol. The van der Waals surface area contributed by atoms with Gasteiger partial charge in [0, 0.05) is 10.5 Å². The number of carbonyl (C=O) groups excluding carboxylic acids is 1. The molecule has 0 heterocycles. The second kappa shape index (κ2) is 7.81. The van der Waals surface area contributed by atoms with Crippen LogP contribution in [0.2, 0.25) is 0 Å². The maximum atomic E-state index is 11.8. The van der Waals surface area contributed by atoms with Gasteiger partial charge < -0.3 is 10.4 Å². The minimum absolute atomic E-state index is 0.0787. The van der Waals surface area contributed by atoms with Gasteiger partial charge in [0.15, 0.2) is 6.10 Å². The van der Waals surface area contributed by atoms with Crippen LogP contribution in [0.3, 0.4) is 0 Å². The Kier molecular flexibility index (Phi) is 6.75. The van der Waals surface area contributed by atoms with Crippen LogP contribution >= 0.6 is 27.7 Å². The predicted octanol–water partition coefficient (Wildman–Crippen LogP) is 2.74. The van der Waals surface area contributed by atoms with Crippen molar-refractivity contribution in [2.24, 2.45) is 0 Å². The Balaban J connectivity index is 2.53. The van der Waals surface area contributed by atoms with Crippen LogP contribution in [-0.4, -0.2) is 29.1 Å². The molecule has 3 nitrogen and oxygen atoms in total. The molecule has 18 heavy (non-hydrogen) atoms. The highest BCUT2D eigenvalue weighted by Gasteiger charge is 2.18. The van der Waals surface area contributed by atoms with E-state index < -0.39 is 6.10 Å². The minimum atomic E-state index is -1.10. The molecular formula is C13H18BrNO2S. The summed E-state index contributed by atoms with van der Waals surface area (Å²) in [6, 6.07) is 7.17. The largest absolute Gasteiger partial charge is 0.378 e. The van der Waals surface area contributed by atoms with E-state index in [1.807, 2.05) is 25.3 Å². The molecule has 1 aromatic carbocycles. The van der Waals surface area contributed by atoms with E-state index in [4.69, 9.17) is 0 Å². The summed E-state index contributed by atoms with van der Waals surface area (Å²) in [6.45, 7) is 1.95. The van der Waals surface area contributed by atoms with Gasteiger partial charge in [-0.1, -0.05) is 28.1 Å². The van der Waals surface area contributed by atoms with Crippen molar-refractivity contribution in [3.05, 3.63) is 34.3 Å². The smallest absolute Gasteiger partial charge is 0.253 e. The third-order valence-electron chi connectivity index (χ3n) is 2.58. The number of nitrogens with one attached hydrogen (secondary N) is 1. The number of halogens is 1. The molecule has 2 atom stereocenters. The van der Waals surface area contributed by atoms with Crippen molar-refractivity contribution in [1.29, 1.82) is 0 Å². The van der Waals surface area contributed by atoms with Crippen molar-refractivity contribution in [2.45, 2.75) is 25.5 Å². The van der Waals surface area contributed by atoms with Gasteiger partial charge in [0.25, 0.3) is 5.91 Å². The summed E-state index contributed by atoms with van der Waals surface area (Å²) >= 11 is 5.06. The first-order chi connectivity index (χ1) is 8.54. The first-order valence-corrected chi connectivity index (χ1v) is 7.96. The summed E-state index contributed by atoms with van der Waals surface area (Å²) in [5.41, 5.74) is 0.604. The average molecular weight is 332 g/mol. The van der Waals surface area contributed by atoms with Crippen LogP contribution in [0.1, 0.15) is 25.0 Å². The highest BCUT2D eigenvalue weighted by atomic mass is 79.9. The molecule has 0 aliphatic rings. The Hall–Kier alpha value is -0.520. The Morgan fingerprint density at radius 3 is 2.61 bits per heavy atom. The molecule has 0 fully saturated rings. The fraction of sp³-hybridized carbons (Fsp3) is 0.462. The van der Waals surface area contributed by atoms with Crippen molar-refractivity contribution in [1.82, 2.24) is 5.32 Å². The highest BCUT2D eigenvalue weighted by Crippen LogP contribution is 2.17. The number of amides is 1. The SMILES string of the molecule is CSCC[C@H](C)NC(=O)[C@H](O)c1ccc(Br)cc1. The zero-order valence-electron chi connectivity index (χ0n) is 10.5. The highest BCUT2D eigenvalue weighted by molar-refractivity contribution is 9.10. The molecule has 0 saturated carbocycles. The summed E-state index contributed by atoms with van der Waals surface area (Å²) in [6.07, 6.45) is 1.83. The summed E-state index contributed by atoms with van der Waals surface area (Å²) in [4.78, 5) is 11.8. The van der Waals surface area contributed by atoms with Crippen LogP contribution < -0.4 is 5.32 Å². The fourth-order valence-corrected chi connectivity index (χ4v) is 2.34. The number of rotatable bonds is 6. The molecule has 0 spiro atoms. The normalized spacial score (nSPS) is 14.0. The Bertz CT molecular complexity index is 383. The summed E-state index contributed by atoms with van der Waals surface area (Å²) < 4.78 is 0.923. The van der Waals surface area contributed by atoms with Gasteiger partial charge in [-0.05, 0) is 43.0 Å². The van der Waals surface area contributed by atoms with E-state index in [9.17, 15) is 9.90 Å². The maximum absolute atomic E-state index is 11.8. The summed E-state index contributed by atoms with van der Waals surface area (Å²) in [7, 11) is 0. The molecule has 0 unspecified atom stereocenters. The van der Waals surface area contributed by atoms with Crippen molar-refractivity contribution in [3.63, 3.8) is 0 Å². The Morgan fingerprint density at radius 1 is 1.44 bits per heavy atom. The lowest BCUT2D eigenvalue weighted by Gasteiger charge is -2.16. The molecule has 0 radical (unpaired) electrons. The topological polar surface area (TPSA) is 49.3 Å². The second-order valence-electron chi connectivity index (χ2n) is 4.15. The second-order valence-corrected chi connectivity index (χ2v) is 6.05. The lowest BCUT2D eigenvalue weighted by atomic mass is 10.1. The number of carbonyl (C=O) groups is 1. The maximum Gasteiger partial charge on any atom is 0.253 e. The zero-order valence-corrected chi connectivity index (χ0v) is 12.9. The van der Waals surface area contributed by atoms with Gasteiger partial charge in [-0.15, -0.1) is 0 Å². The van der Waals surface area contributed by atoms with Gasteiger partial charge in [0.1, 0.15) is 0 Å². The van der Waals surface area contributed by atoms with Crippen LogP contribution in [-0.2, 0) is 4.79 Å². The Morgan fingerprint density at radius 2 is 2.06 bits per heavy atom. The van der Waals surface area contributed by atoms with E-state index in [0.29, 0.717) is 5.56 Å². The average Bonchev–Trinajstić information content (AvgIpc) is 2.36. The molecule has 5 heteroatoms. The number of hydrogen-bond donors (Lipinski definition) is 2. The standard InChI is InChI=1S/C13H18BrNO2S/c1-9(7-8-18-2)15-13(17)12(16)10-3-5-11(14)6-4-10/h3-6,9,12,16H,7-8H2,1-2H3,(H,15,17)/t9-,12+/m0/s1. The van der Waals surface area contributed by atoms with Gasteiger partial charge in [-0.3, -0.25) is 4.79 Å². The van der Waals surface area contributed by atoms with E-state index >= 15 is 0 Å². The number of aliphatic hydroxyl groups is 1. The van der Waals surface area contributed by atoms with Crippen LogP contribution in [0.15, 0.2) is 28.7 Å². The van der Waals surface area contributed by atoms with E-state index in [2.05, 4.69) is 21.2 Å². The number of benzene rings is 1. The van der Waals surface area contributed by atoms with E-state index in [-0.39, 0.29) is 11.9 Å². The molecule has 0 bridgehead atoms. The summed E-state index contributed by atoms with van der Waals surface area (Å²) in [5.74, 6) is 0.654. The third kappa shape index (κ3) is 5.00. The van der Waals surface area contributed by atoms with Crippen molar-refractivity contribution < 1.29 is 9.90 Å². The molecule has 0 aliphatic carbocycles. The van der Waals surface area contributed by atoms with Gasteiger partial charge in [-0.2, -0.15) is 11.8 Å². The molecule has 2 N–H and O–H groups in total. The molecule has 0 saturated heterocycles. The lowest BCUT2D eigenvalue weighted by molar-refractivity contribution is -0.130. The van der Waals surface area contributed by atoms with Gasteiger partial charge in [-0.25, -0.2) is 0 Å². The monoisotopic (exact) mass is 331 g/mol. The fourth-order valence-electron chi connectivity index (χ4n) is 1.49. The summed E-state index contributed by atoms with van der Waals surface area (Å²) in [5, 5.41) is 12.7. The quantitative estimate of drug-likeness (QED) is 0.842. The molecule has 1 amide bonds. The molecule has 100 valence electrons. The van der Waals surface area contributed by atoms with E-state index in [1.54, 1.807) is 23.9 Å². The number of thioether (sulfide) groups is 1. The van der Waals surface area contributed by atoms with Crippen LogP contribution in [0.4, 0.5) is 0 Å². The number of hydrogen-bond acceptors (Lipinski definition) is 3. The minimum Gasteiger partial charge on any atom is -0.378 e. The Labute approximate surface area is 120 Å². The van der Waals surface area contributed by atoms with Crippen molar-refractivity contribution in [2.75, 3.05) is 12.0 Å². The van der Waals surface area contributed by atoms with Gasteiger partial charge >= 0.3 is 0 Å². The van der Waals surface area contributed by atoms with Crippen molar-refractivity contribution >= 4 is 33.6 Å². The van der Waals surface area contributed by atoms with Gasteiger partial charge in [0.2, 0.25) is 0 Å². The van der Waals surface area contributed by atoms with Crippen LogP contribution in [0.5, 0.6) is 0 Å². The zero-order chi connectivity index (χ0) is 13.5. The van der Waals surface area contributed by atoms with Gasteiger partial charge in [0.05, 0.1) is 0 Å². The predicted molar refractivity (Wildman–Crippen MR) is 79.7 cm³/mol. The molecule has 1 aromatic rings. The first-order valence-electron chi connectivity index (χ1n) is 5.77. The first kappa shape index (κ1) is 15.5. The van der Waals surface area contributed by atoms with E-state index in [0.717, 1.165) is 16.6 Å². The van der Waals surface area contributed by atoms with E-state index in [1.165, 1.54) is 0 Å². The number of aliphatic hydroxyl groups excluding tert-OH is 1. The molecule has 0 aliphatic heterocycles. The molecule has 1 rings (SSSR count). The van der Waals surface area contributed by atoms with Crippen molar-refractivity contribution in [3.8, 4) is 0 Å². The lowest BCUT2D eigenvalue weighted by Crippen LogP contribution is -2.36. The van der Waals surface area contributed by atoms with Crippen LogP contribution in [0.25, 0.3) is 0 Å². The third-order valence-corrected chi connectivity index (χ3v) is 3.75.